The molecule has 192 valence electrons. The standard InChI is InChI=1S/C25H21F3N4O5/c1-35-17-7-8-18(21(12-17)36-2)22-23(24(34)32-30-22)31-29-16-6-9-20(37-25(26,27)28)19(11-16)15-5-3-4-14(10-15)13-33/h3-12,33H,13H2,1-2H3,(H2,30,32,34). The van der Waals surface area contributed by atoms with Crippen LogP contribution >= 0.6 is 0 Å². The zero-order valence-corrected chi connectivity index (χ0v) is 19.6. The lowest BCUT2D eigenvalue weighted by molar-refractivity contribution is -0.274. The number of aromatic nitrogens is 2. The zero-order chi connectivity index (χ0) is 26.6. The predicted octanol–water partition coefficient (Wildman–Crippen LogP) is 5.86. The number of nitrogens with one attached hydrogen (secondary N) is 2. The van der Waals surface area contributed by atoms with Gasteiger partial charge in [0.25, 0.3) is 5.56 Å². The van der Waals surface area contributed by atoms with Crippen LogP contribution in [-0.4, -0.2) is 35.9 Å². The number of halogens is 3. The maximum absolute atomic E-state index is 13.0. The lowest BCUT2D eigenvalue weighted by Crippen LogP contribution is -2.17. The third kappa shape index (κ3) is 5.81. The number of benzene rings is 3. The van der Waals surface area contributed by atoms with Crippen molar-refractivity contribution in [3.05, 3.63) is 76.6 Å². The molecule has 3 aromatic carbocycles. The molecule has 0 aliphatic carbocycles. The molecule has 0 radical (unpaired) electrons. The summed E-state index contributed by atoms with van der Waals surface area (Å²) in [6.45, 7) is -0.295. The van der Waals surface area contributed by atoms with Crippen LogP contribution < -0.4 is 19.8 Å². The molecule has 1 heterocycles. The summed E-state index contributed by atoms with van der Waals surface area (Å²) in [5, 5.41) is 22.8. The van der Waals surface area contributed by atoms with Gasteiger partial charge >= 0.3 is 6.36 Å². The maximum Gasteiger partial charge on any atom is 0.573 e. The summed E-state index contributed by atoms with van der Waals surface area (Å²) in [5.74, 6) is 0.496. The summed E-state index contributed by atoms with van der Waals surface area (Å²) < 4.78 is 53.8. The van der Waals surface area contributed by atoms with E-state index >= 15 is 0 Å². The largest absolute Gasteiger partial charge is 0.573 e. The number of alkyl halides is 3. The van der Waals surface area contributed by atoms with Gasteiger partial charge in [-0.05, 0) is 47.5 Å². The molecular weight excluding hydrogens is 493 g/mol. The Balaban J connectivity index is 1.76. The number of aromatic amines is 2. The second-order valence-electron chi connectivity index (χ2n) is 7.66. The molecule has 9 nitrogen and oxygen atoms in total. The molecule has 0 saturated heterocycles. The number of rotatable bonds is 8. The first kappa shape index (κ1) is 25.5. The number of hydrogen-bond donors (Lipinski definition) is 3. The Labute approximate surface area is 208 Å². The molecule has 0 amide bonds. The summed E-state index contributed by atoms with van der Waals surface area (Å²) >= 11 is 0. The molecule has 0 fully saturated rings. The van der Waals surface area contributed by atoms with Crippen molar-refractivity contribution in [3.63, 3.8) is 0 Å². The molecule has 0 aliphatic heterocycles. The van der Waals surface area contributed by atoms with Crippen LogP contribution in [-0.2, 0) is 6.61 Å². The highest BCUT2D eigenvalue weighted by molar-refractivity contribution is 5.77. The highest BCUT2D eigenvalue weighted by Crippen LogP contribution is 2.39. The predicted molar refractivity (Wildman–Crippen MR) is 129 cm³/mol. The lowest BCUT2D eigenvalue weighted by atomic mass is 10.0. The van der Waals surface area contributed by atoms with Gasteiger partial charge in [-0.15, -0.1) is 18.3 Å². The minimum Gasteiger partial charge on any atom is -0.497 e. The van der Waals surface area contributed by atoms with E-state index in [1.54, 1.807) is 36.4 Å². The molecule has 0 unspecified atom stereocenters. The molecule has 0 aliphatic rings. The SMILES string of the molecule is COc1ccc(-c2[nH][nH]c(=O)c2N=Nc2ccc(OC(F)(F)F)c(-c3cccc(CO)c3)c2)c(OC)c1. The van der Waals surface area contributed by atoms with E-state index in [-0.39, 0.29) is 23.5 Å². The number of methoxy groups -OCH3 is 2. The van der Waals surface area contributed by atoms with Gasteiger partial charge in [-0.25, -0.2) is 0 Å². The van der Waals surface area contributed by atoms with E-state index < -0.39 is 17.7 Å². The molecule has 0 spiro atoms. The zero-order valence-electron chi connectivity index (χ0n) is 19.6. The third-order valence-electron chi connectivity index (χ3n) is 5.31. The average molecular weight is 514 g/mol. The molecule has 0 saturated carbocycles. The fourth-order valence-corrected chi connectivity index (χ4v) is 3.61. The summed E-state index contributed by atoms with van der Waals surface area (Å²) in [6, 6.07) is 15.0. The summed E-state index contributed by atoms with van der Waals surface area (Å²) in [6.07, 6.45) is -4.92. The molecule has 0 bridgehead atoms. The molecule has 4 aromatic rings. The molecular formula is C25H21F3N4O5. The van der Waals surface area contributed by atoms with Crippen LogP contribution in [0.25, 0.3) is 22.4 Å². The van der Waals surface area contributed by atoms with Gasteiger partial charge in [-0.1, -0.05) is 18.2 Å². The van der Waals surface area contributed by atoms with Crippen LogP contribution in [0.1, 0.15) is 5.56 Å². The summed E-state index contributed by atoms with van der Waals surface area (Å²) in [4.78, 5) is 12.5. The van der Waals surface area contributed by atoms with Crippen LogP contribution in [0.2, 0.25) is 0 Å². The van der Waals surface area contributed by atoms with Gasteiger partial charge < -0.3 is 19.3 Å². The van der Waals surface area contributed by atoms with Crippen molar-refractivity contribution in [2.24, 2.45) is 10.2 Å². The van der Waals surface area contributed by atoms with Crippen LogP contribution in [0.4, 0.5) is 24.5 Å². The average Bonchev–Trinajstić information content (AvgIpc) is 3.26. The van der Waals surface area contributed by atoms with E-state index in [0.29, 0.717) is 33.9 Å². The fraction of sp³-hybridized carbons (Fsp3) is 0.160. The molecule has 12 heteroatoms. The Bertz CT molecular complexity index is 1490. The third-order valence-corrected chi connectivity index (χ3v) is 5.31. The number of H-pyrrole nitrogens is 2. The van der Waals surface area contributed by atoms with Gasteiger partial charge in [-0.3, -0.25) is 15.0 Å². The Morgan fingerprint density at radius 2 is 1.70 bits per heavy atom. The second-order valence-corrected chi connectivity index (χ2v) is 7.66. The second kappa shape index (κ2) is 10.6. The molecule has 3 N–H and O–H groups in total. The van der Waals surface area contributed by atoms with Gasteiger partial charge in [0, 0.05) is 17.2 Å². The first-order valence-corrected chi connectivity index (χ1v) is 10.8. The monoisotopic (exact) mass is 514 g/mol. The first-order chi connectivity index (χ1) is 17.7. The molecule has 4 rings (SSSR count). The van der Waals surface area contributed by atoms with Crippen molar-refractivity contribution < 1.29 is 32.5 Å². The lowest BCUT2D eigenvalue weighted by Gasteiger charge is -2.14. The highest BCUT2D eigenvalue weighted by Gasteiger charge is 2.32. The molecule has 1 aromatic heterocycles. The van der Waals surface area contributed by atoms with Gasteiger partial charge in [-0.2, -0.15) is 5.11 Å². The van der Waals surface area contributed by atoms with E-state index in [4.69, 9.17) is 9.47 Å². The highest BCUT2D eigenvalue weighted by atomic mass is 19.4. The number of nitrogens with zero attached hydrogens (tertiary/aromatic N) is 2. The molecule has 0 atom stereocenters. The minimum atomic E-state index is -4.92. The normalized spacial score (nSPS) is 11.6. The van der Waals surface area contributed by atoms with E-state index in [1.807, 2.05) is 0 Å². The van der Waals surface area contributed by atoms with E-state index in [0.717, 1.165) is 6.07 Å². The van der Waals surface area contributed by atoms with Gasteiger partial charge in [0.2, 0.25) is 0 Å². The summed E-state index contributed by atoms with van der Waals surface area (Å²) in [7, 11) is 2.97. The van der Waals surface area contributed by atoms with E-state index in [2.05, 4.69) is 25.2 Å². The first-order valence-electron chi connectivity index (χ1n) is 10.8. The quantitative estimate of drug-likeness (QED) is 0.254. The smallest absolute Gasteiger partial charge is 0.497 e. The molecule has 37 heavy (non-hydrogen) atoms. The van der Waals surface area contributed by atoms with Crippen LogP contribution in [0, 0.1) is 0 Å². The number of aliphatic hydroxyl groups excluding tert-OH is 1. The van der Waals surface area contributed by atoms with Crippen LogP contribution in [0.15, 0.2) is 75.7 Å². The van der Waals surface area contributed by atoms with Gasteiger partial charge in [0.1, 0.15) is 17.2 Å². The Morgan fingerprint density at radius 1 is 0.892 bits per heavy atom. The van der Waals surface area contributed by atoms with Crippen LogP contribution in [0.5, 0.6) is 17.2 Å². The van der Waals surface area contributed by atoms with Gasteiger partial charge in [0.05, 0.1) is 32.2 Å². The Kier molecular flexibility index (Phi) is 7.30. The number of hydrogen-bond acceptors (Lipinski definition) is 7. The topological polar surface area (TPSA) is 121 Å². The van der Waals surface area contributed by atoms with Crippen molar-refractivity contribution in [2.45, 2.75) is 13.0 Å². The van der Waals surface area contributed by atoms with Crippen molar-refractivity contribution >= 4 is 11.4 Å². The number of ether oxygens (including phenoxy) is 3. The minimum absolute atomic E-state index is 0.0667. The maximum atomic E-state index is 13.0. The Morgan fingerprint density at radius 3 is 2.41 bits per heavy atom. The van der Waals surface area contributed by atoms with Crippen molar-refractivity contribution in [1.82, 2.24) is 10.2 Å². The fourth-order valence-electron chi connectivity index (χ4n) is 3.61. The van der Waals surface area contributed by atoms with Crippen molar-refractivity contribution in [3.8, 4) is 39.6 Å². The number of azo groups is 1. The summed E-state index contributed by atoms with van der Waals surface area (Å²) in [5.41, 5.74) is 1.27. The van der Waals surface area contributed by atoms with Crippen LogP contribution in [0.3, 0.4) is 0 Å². The van der Waals surface area contributed by atoms with E-state index in [1.165, 1.54) is 32.4 Å². The van der Waals surface area contributed by atoms with E-state index in [9.17, 15) is 23.1 Å². The Hall–Kier alpha value is -4.58. The van der Waals surface area contributed by atoms with Crippen molar-refractivity contribution in [1.29, 1.82) is 0 Å². The number of aliphatic hydroxyl groups is 1. The van der Waals surface area contributed by atoms with Crippen molar-refractivity contribution in [2.75, 3.05) is 14.2 Å². The van der Waals surface area contributed by atoms with Gasteiger partial charge in [0.15, 0.2) is 5.69 Å².